The quantitative estimate of drug-likeness (QED) is 0.479. The van der Waals surface area contributed by atoms with Gasteiger partial charge in [0, 0.05) is 0 Å². The maximum atomic E-state index is 11.3. The van der Waals surface area contributed by atoms with Gasteiger partial charge in [0.1, 0.15) is 18.0 Å². The van der Waals surface area contributed by atoms with Crippen LogP contribution in [0.2, 0.25) is 0 Å². The fraction of sp³-hybridized carbons (Fsp3) is 0.125. The van der Waals surface area contributed by atoms with Crippen LogP contribution < -0.4 is 15.4 Å². The van der Waals surface area contributed by atoms with Crippen molar-refractivity contribution in [2.45, 2.75) is 6.61 Å². The third-order valence-electron chi connectivity index (χ3n) is 3.06. The van der Waals surface area contributed by atoms with Crippen LogP contribution in [0.4, 0.5) is 16.2 Å². The van der Waals surface area contributed by atoms with Crippen LogP contribution in [0.5, 0.6) is 5.75 Å². The lowest BCUT2D eigenvalue weighted by atomic mass is 10.2. The average molecular weight is 361 g/mol. The molecule has 8 nitrogen and oxygen atoms in total. The number of anilines is 1. The maximum absolute atomic E-state index is 11.3. The van der Waals surface area contributed by atoms with Crippen molar-refractivity contribution in [2.75, 3.05) is 12.4 Å². The van der Waals surface area contributed by atoms with Crippen molar-refractivity contribution in [1.82, 2.24) is 5.32 Å². The molecule has 0 saturated heterocycles. The van der Waals surface area contributed by atoms with Gasteiger partial charge in [0.05, 0.1) is 18.1 Å². The fourth-order valence-corrected chi connectivity index (χ4v) is 2.09. The highest BCUT2D eigenvalue weighted by Gasteiger charge is 2.17. The summed E-state index contributed by atoms with van der Waals surface area (Å²) in [5, 5.41) is 15.9. The Hall–Kier alpha value is -3.20. The van der Waals surface area contributed by atoms with E-state index in [-0.39, 0.29) is 23.1 Å². The summed E-state index contributed by atoms with van der Waals surface area (Å²) in [6.07, 6.45) is -0.775. The second kappa shape index (κ2) is 8.60. The predicted octanol–water partition coefficient (Wildman–Crippen LogP) is 3.23. The molecule has 130 valence electrons. The van der Waals surface area contributed by atoms with E-state index in [2.05, 4.69) is 15.4 Å². The number of ether oxygens (including phenoxy) is 2. The summed E-state index contributed by atoms with van der Waals surface area (Å²) in [4.78, 5) is 21.8. The minimum absolute atomic E-state index is 0.118. The summed E-state index contributed by atoms with van der Waals surface area (Å²) in [5.74, 6) is 0.341. The smallest absolute Gasteiger partial charge is 0.413 e. The van der Waals surface area contributed by atoms with E-state index >= 15 is 0 Å². The van der Waals surface area contributed by atoms with Crippen molar-refractivity contribution in [3.05, 3.63) is 64.2 Å². The monoisotopic (exact) mass is 361 g/mol. The third-order valence-corrected chi connectivity index (χ3v) is 3.27. The Morgan fingerprint density at radius 1 is 1.24 bits per heavy atom. The van der Waals surface area contributed by atoms with Crippen LogP contribution in [0.1, 0.15) is 5.56 Å². The number of rotatable bonds is 5. The van der Waals surface area contributed by atoms with E-state index in [4.69, 9.17) is 17.0 Å². The summed E-state index contributed by atoms with van der Waals surface area (Å²) < 4.78 is 9.97. The van der Waals surface area contributed by atoms with Crippen LogP contribution >= 0.6 is 12.2 Å². The molecule has 2 aromatic rings. The number of hydrogen-bond acceptors (Lipinski definition) is 6. The van der Waals surface area contributed by atoms with E-state index in [0.717, 1.165) is 5.56 Å². The van der Waals surface area contributed by atoms with E-state index in [1.54, 1.807) is 6.07 Å². The summed E-state index contributed by atoms with van der Waals surface area (Å²) in [7, 11) is 1.18. The lowest BCUT2D eigenvalue weighted by molar-refractivity contribution is -0.384. The second-order valence-electron chi connectivity index (χ2n) is 4.78. The third kappa shape index (κ3) is 5.43. The minimum Gasteiger partial charge on any atom is -0.489 e. The molecule has 0 heterocycles. The van der Waals surface area contributed by atoms with Crippen LogP contribution in [0.15, 0.2) is 48.5 Å². The van der Waals surface area contributed by atoms with Gasteiger partial charge in [-0.05, 0) is 29.9 Å². The Morgan fingerprint density at radius 3 is 2.60 bits per heavy atom. The van der Waals surface area contributed by atoms with Crippen LogP contribution in [-0.2, 0) is 11.3 Å². The van der Waals surface area contributed by atoms with Gasteiger partial charge < -0.3 is 14.8 Å². The summed E-state index contributed by atoms with van der Waals surface area (Å²) in [6, 6.07) is 13.7. The summed E-state index contributed by atoms with van der Waals surface area (Å²) in [6.45, 7) is 0.285. The van der Waals surface area contributed by atoms with Gasteiger partial charge in [-0.15, -0.1) is 0 Å². The molecule has 0 spiro atoms. The first-order valence-corrected chi connectivity index (χ1v) is 7.51. The number of nitrogens with one attached hydrogen (secondary N) is 2. The molecule has 0 unspecified atom stereocenters. The zero-order valence-corrected chi connectivity index (χ0v) is 14.0. The second-order valence-corrected chi connectivity index (χ2v) is 5.19. The number of nitro benzene ring substituents is 1. The Labute approximate surface area is 148 Å². The first kappa shape index (κ1) is 18.1. The number of methoxy groups -OCH3 is 1. The molecule has 0 aliphatic heterocycles. The Kier molecular flexibility index (Phi) is 6.24. The topological polar surface area (TPSA) is 103 Å². The zero-order chi connectivity index (χ0) is 18.2. The van der Waals surface area contributed by atoms with Crippen LogP contribution in [0.25, 0.3) is 0 Å². The summed E-state index contributed by atoms with van der Waals surface area (Å²) in [5.41, 5.74) is 0.828. The van der Waals surface area contributed by atoms with Crippen molar-refractivity contribution >= 4 is 34.8 Å². The van der Waals surface area contributed by atoms with Gasteiger partial charge in [-0.1, -0.05) is 30.3 Å². The highest BCUT2D eigenvalue weighted by atomic mass is 32.1. The molecule has 25 heavy (non-hydrogen) atoms. The van der Waals surface area contributed by atoms with Crippen molar-refractivity contribution < 1.29 is 19.2 Å². The number of nitro groups is 1. The molecule has 0 fully saturated rings. The van der Waals surface area contributed by atoms with Crippen LogP contribution in [-0.4, -0.2) is 23.2 Å². The number of amides is 1. The highest BCUT2D eigenvalue weighted by molar-refractivity contribution is 7.80. The molecule has 0 radical (unpaired) electrons. The molecule has 2 rings (SSSR count). The lowest BCUT2D eigenvalue weighted by Crippen LogP contribution is -2.34. The zero-order valence-electron chi connectivity index (χ0n) is 13.2. The largest absolute Gasteiger partial charge is 0.489 e. The number of alkyl carbamates (subject to hydrolysis) is 1. The minimum atomic E-state index is -0.775. The molecule has 0 saturated carbocycles. The van der Waals surface area contributed by atoms with Gasteiger partial charge in [0.15, 0.2) is 5.11 Å². The van der Waals surface area contributed by atoms with Crippen LogP contribution in [0, 0.1) is 10.1 Å². The fourth-order valence-electron chi connectivity index (χ4n) is 1.90. The Bertz CT molecular complexity index is 783. The number of carbonyl (C=O) groups is 1. The Morgan fingerprint density at radius 2 is 1.96 bits per heavy atom. The summed E-state index contributed by atoms with van der Waals surface area (Å²) >= 11 is 4.90. The van der Waals surface area contributed by atoms with Crippen molar-refractivity contribution in [3.8, 4) is 5.75 Å². The van der Waals surface area contributed by atoms with Crippen molar-refractivity contribution in [1.29, 1.82) is 0 Å². The normalized spacial score (nSPS) is 9.80. The number of thiocarbonyl (C=S) groups is 1. The molecule has 0 aliphatic rings. The average Bonchev–Trinajstić information content (AvgIpc) is 2.61. The molecule has 0 atom stereocenters. The molecule has 9 heteroatoms. The predicted molar refractivity (Wildman–Crippen MR) is 95.6 cm³/mol. The lowest BCUT2D eigenvalue weighted by Gasteiger charge is -2.11. The van der Waals surface area contributed by atoms with Crippen molar-refractivity contribution in [3.63, 3.8) is 0 Å². The molecule has 0 aromatic heterocycles. The number of nitrogens with zero attached hydrogens (tertiary/aromatic N) is 1. The first-order valence-electron chi connectivity index (χ1n) is 7.10. The number of carbonyl (C=O) groups excluding carboxylic acids is 1. The molecule has 2 N–H and O–H groups in total. The molecule has 2 aromatic carbocycles. The molecular weight excluding hydrogens is 346 g/mol. The number of benzene rings is 2. The van der Waals surface area contributed by atoms with E-state index in [1.807, 2.05) is 30.3 Å². The number of hydrogen-bond donors (Lipinski definition) is 2. The van der Waals surface area contributed by atoms with E-state index in [9.17, 15) is 14.9 Å². The molecule has 1 amide bonds. The van der Waals surface area contributed by atoms with E-state index in [1.165, 1.54) is 19.2 Å². The molecule has 0 bridgehead atoms. The van der Waals surface area contributed by atoms with Crippen LogP contribution in [0.3, 0.4) is 0 Å². The van der Waals surface area contributed by atoms with E-state index < -0.39 is 11.0 Å². The standard InChI is InChI=1S/C16H15N3O5S/c1-23-16(20)18-15(25)17-13-8-7-12(9-14(13)19(21)22)24-10-11-5-3-2-4-6-11/h2-9H,10H2,1H3,(H2,17,18,20,25). The van der Waals surface area contributed by atoms with Gasteiger partial charge in [-0.3, -0.25) is 15.4 Å². The highest BCUT2D eigenvalue weighted by Crippen LogP contribution is 2.29. The van der Waals surface area contributed by atoms with Gasteiger partial charge >= 0.3 is 6.09 Å². The Balaban J connectivity index is 2.10. The molecule has 0 aliphatic carbocycles. The van der Waals surface area contributed by atoms with Gasteiger partial charge in [-0.25, -0.2) is 4.79 Å². The first-order chi connectivity index (χ1) is 12.0. The van der Waals surface area contributed by atoms with Gasteiger partial charge in [-0.2, -0.15) is 0 Å². The SMILES string of the molecule is COC(=O)NC(=S)Nc1ccc(OCc2ccccc2)cc1[N+](=O)[O-]. The van der Waals surface area contributed by atoms with Gasteiger partial charge in [0.25, 0.3) is 5.69 Å². The molecular formula is C16H15N3O5S. The van der Waals surface area contributed by atoms with Gasteiger partial charge in [0.2, 0.25) is 0 Å². The van der Waals surface area contributed by atoms with E-state index in [0.29, 0.717) is 5.75 Å². The maximum Gasteiger partial charge on any atom is 0.413 e. The van der Waals surface area contributed by atoms with Crippen molar-refractivity contribution in [2.24, 2.45) is 0 Å².